The van der Waals surface area contributed by atoms with Crippen molar-refractivity contribution < 1.29 is 14.2 Å². The van der Waals surface area contributed by atoms with Crippen molar-refractivity contribution in [3.8, 4) is 5.75 Å². The summed E-state index contributed by atoms with van der Waals surface area (Å²) < 4.78 is 19.4. The molecule has 1 heterocycles. The Kier molecular flexibility index (Phi) is 2.81. The van der Waals surface area contributed by atoms with Crippen LogP contribution in [0.2, 0.25) is 0 Å². The largest absolute Gasteiger partial charge is 0.486 e. The van der Waals surface area contributed by atoms with E-state index in [9.17, 15) is 9.50 Å². The predicted molar refractivity (Wildman–Crippen MR) is 67.0 cm³/mol. The number of rotatable bonds is 0. The van der Waals surface area contributed by atoms with Crippen molar-refractivity contribution in [2.45, 2.75) is 50.7 Å². The van der Waals surface area contributed by atoms with Crippen LogP contribution in [0.5, 0.6) is 5.75 Å². The van der Waals surface area contributed by atoms with Crippen LogP contribution in [0.4, 0.5) is 4.39 Å². The number of hydrogen-bond acceptors (Lipinski definition) is 2. The van der Waals surface area contributed by atoms with Crippen LogP contribution in [-0.4, -0.2) is 10.7 Å². The molecule has 2 aliphatic rings. The second-order valence-electron chi connectivity index (χ2n) is 5.72. The number of fused-ring (bicyclic) bond motifs is 1. The SMILES string of the molecule is CC1CCCCC12CC(O)c1ccc(F)cc1O2. The molecule has 1 N–H and O–H groups in total. The minimum Gasteiger partial charge on any atom is -0.486 e. The Morgan fingerprint density at radius 3 is 3.00 bits per heavy atom. The molecule has 1 saturated carbocycles. The van der Waals surface area contributed by atoms with Crippen LogP contribution in [-0.2, 0) is 0 Å². The lowest BCUT2D eigenvalue weighted by molar-refractivity contribution is -0.0719. The zero-order valence-corrected chi connectivity index (χ0v) is 10.7. The van der Waals surface area contributed by atoms with E-state index >= 15 is 0 Å². The van der Waals surface area contributed by atoms with Crippen LogP contribution in [0, 0.1) is 11.7 Å². The highest BCUT2D eigenvalue weighted by molar-refractivity contribution is 5.38. The lowest BCUT2D eigenvalue weighted by Gasteiger charge is -2.47. The Hall–Kier alpha value is -1.09. The summed E-state index contributed by atoms with van der Waals surface area (Å²) >= 11 is 0. The van der Waals surface area contributed by atoms with Gasteiger partial charge < -0.3 is 9.84 Å². The molecule has 1 fully saturated rings. The van der Waals surface area contributed by atoms with E-state index in [2.05, 4.69) is 6.92 Å². The summed E-state index contributed by atoms with van der Waals surface area (Å²) in [6.07, 6.45) is 4.53. The second kappa shape index (κ2) is 4.23. The quantitative estimate of drug-likeness (QED) is 0.762. The predicted octanol–water partition coefficient (Wildman–Crippen LogP) is 3.59. The zero-order valence-electron chi connectivity index (χ0n) is 10.7. The molecule has 1 aliphatic heterocycles. The van der Waals surface area contributed by atoms with Gasteiger partial charge in [-0.15, -0.1) is 0 Å². The fourth-order valence-electron chi connectivity index (χ4n) is 3.41. The number of benzene rings is 1. The number of ether oxygens (including phenoxy) is 1. The third-order valence-corrected chi connectivity index (χ3v) is 4.57. The van der Waals surface area contributed by atoms with Gasteiger partial charge in [0.2, 0.25) is 0 Å². The molecule has 0 radical (unpaired) electrons. The molecule has 1 spiro atoms. The van der Waals surface area contributed by atoms with E-state index in [-0.39, 0.29) is 11.4 Å². The molecular formula is C15H19FO2. The standard InChI is InChI=1S/C15H19FO2/c1-10-4-2-3-7-15(10)9-13(17)12-6-5-11(16)8-14(12)18-15/h5-6,8,10,13,17H,2-4,7,9H2,1H3. The first kappa shape index (κ1) is 12.0. The fraction of sp³-hybridized carbons (Fsp3) is 0.600. The van der Waals surface area contributed by atoms with Crippen molar-refractivity contribution in [3.05, 3.63) is 29.6 Å². The van der Waals surface area contributed by atoms with E-state index in [0.717, 1.165) is 24.8 Å². The van der Waals surface area contributed by atoms with Gasteiger partial charge in [0.1, 0.15) is 17.2 Å². The molecule has 0 bridgehead atoms. The molecule has 3 rings (SSSR count). The van der Waals surface area contributed by atoms with Gasteiger partial charge in [0.25, 0.3) is 0 Å². The highest BCUT2D eigenvalue weighted by Crippen LogP contribution is 2.48. The lowest BCUT2D eigenvalue weighted by Crippen LogP contribution is -2.48. The first-order valence-corrected chi connectivity index (χ1v) is 6.77. The molecule has 3 heteroatoms. The van der Waals surface area contributed by atoms with E-state index in [1.165, 1.54) is 18.6 Å². The smallest absolute Gasteiger partial charge is 0.128 e. The van der Waals surface area contributed by atoms with Crippen molar-refractivity contribution in [3.63, 3.8) is 0 Å². The fourth-order valence-corrected chi connectivity index (χ4v) is 3.41. The first-order chi connectivity index (χ1) is 8.61. The molecular weight excluding hydrogens is 231 g/mol. The summed E-state index contributed by atoms with van der Waals surface area (Å²) in [6.45, 7) is 2.18. The van der Waals surface area contributed by atoms with Gasteiger partial charge in [0.15, 0.2) is 0 Å². The number of aliphatic hydroxyl groups is 1. The Morgan fingerprint density at radius 1 is 1.39 bits per heavy atom. The van der Waals surface area contributed by atoms with E-state index in [4.69, 9.17) is 4.74 Å². The Morgan fingerprint density at radius 2 is 2.22 bits per heavy atom. The number of halogens is 1. The zero-order chi connectivity index (χ0) is 12.8. The normalized spacial score (nSPS) is 35.1. The molecule has 18 heavy (non-hydrogen) atoms. The van der Waals surface area contributed by atoms with Gasteiger partial charge in [-0.2, -0.15) is 0 Å². The van der Waals surface area contributed by atoms with Crippen LogP contribution < -0.4 is 4.74 Å². The maximum atomic E-state index is 13.3. The van der Waals surface area contributed by atoms with Crippen LogP contribution in [0.1, 0.15) is 50.7 Å². The summed E-state index contributed by atoms with van der Waals surface area (Å²) in [7, 11) is 0. The minimum atomic E-state index is -0.533. The van der Waals surface area contributed by atoms with E-state index < -0.39 is 6.10 Å². The van der Waals surface area contributed by atoms with Crippen molar-refractivity contribution in [1.29, 1.82) is 0 Å². The molecule has 3 unspecified atom stereocenters. The van der Waals surface area contributed by atoms with Crippen LogP contribution in [0.15, 0.2) is 18.2 Å². The Balaban J connectivity index is 1.99. The Labute approximate surface area is 107 Å². The molecule has 1 aromatic rings. The monoisotopic (exact) mass is 250 g/mol. The lowest BCUT2D eigenvalue weighted by atomic mass is 9.71. The van der Waals surface area contributed by atoms with Gasteiger partial charge >= 0.3 is 0 Å². The van der Waals surface area contributed by atoms with Crippen molar-refractivity contribution in [1.82, 2.24) is 0 Å². The van der Waals surface area contributed by atoms with E-state index in [1.807, 2.05) is 0 Å². The molecule has 2 nitrogen and oxygen atoms in total. The minimum absolute atomic E-state index is 0.293. The van der Waals surface area contributed by atoms with E-state index in [1.54, 1.807) is 6.07 Å². The third-order valence-electron chi connectivity index (χ3n) is 4.57. The second-order valence-corrected chi connectivity index (χ2v) is 5.72. The van der Waals surface area contributed by atoms with Gasteiger partial charge in [-0.05, 0) is 37.3 Å². The number of hydrogen-bond donors (Lipinski definition) is 1. The van der Waals surface area contributed by atoms with Crippen LogP contribution in [0.25, 0.3) is 0 Å². The molecule has 0 saturated heterocycles. The van der Waals surface area contributed by atoms with Gasteiger partial charge in [-0.25, -0.2) is 4.39 Å². The van der Waals surface area contributed by atoms with Gasteiger partial charge in [0, 0.05) is 18.1 Å². The molecule has 98 valence electrons. The maximum Gasteiger partial charge on any atom is 0.128 e. The summed E-state index contributed by atoms with van der Waals surface area (Å²) in [5.41, 5.74) is 0.429. The topological polar surface area (TPSA) is 29.5 Å². The van der Waals surface area contributed by atoms with Crippen LogP contribution >= 0.6 is 0 Å². The molecule has 1 aliphatic carbocycles. The van der Waals surface area contributed by atoms with Crippen LogP contribution in [0.3, 0.4) is 0 Å². The summed E-state index contributed by atoms with van der Waals surface area (Å²) in [5.74, 6) is 0.640. The van der Waals surface area contributed by atoms with Gasteiger partial charge in [-0.3, -0.25) is 0 Å². The van der Waals surface area contributed by atoms with Gasteiger partial charge in [0.05, 0.1) is 6.10 Å². The van der Waals surface area contributed by atoms with Crippen molar-refractivity contribution in [2.24, 2.45) is 5.92 Å². The molecule has 1 aromatic carbocycles. The number of aliphatic hydroxyl groups excluding tert-OH is 1. The Bertz CT molecular complexity index is 460. The summed E-state index contributed by atoms with van der Waals surface area (Å²) in [4.78, 5) is 0. The van der Waals surface area contributed by atoms with Gasteiger partial charge in [-0.1, -0.05) is 13.3 Å². The van der Waals surface area contributed by atoms with E-state index in [0.29, 0.717) is 18.1 Å². The highest BCUT2D eigenvalue weighted by Gasteiger charge is 2.45. The average Bonchev–Trinajstić information content (AvgIpc) is 2.32. The first-order valence-electron chi connectivity index (χ1n) is 6.77. The molecule has 0 aromatic heterocycles. The van der Waals surface area contributed by atoms with Crippen molar-refractivity contribution in [2.75, 3.05) is 0 Å². The average molecular weight is 250 g/mol. The maximum absolute atomic E-state index is 13.3. The third kappa shape index (κ3) is 1.81. The molecule has 3 atom stereocenters. The summed E-state index contributed by atoms with van der Waals surface area (Å²) in [6, 6.07) is 4.42. The highest BCUT2D eigenvalue weighted by atomic mass is 19.1. The summed E-state index contributed by atoms with van der Waals surface area (Å²) in [5, 5.41) is 10.3. The van der Waals surface area contributed by atoms with Crippen molar-refractivity contribution >= 4 is 0 Å². The molecule has 0 amide bonds.